The molecule has 0 radical (unpaired) electrons. The van der Waals surface area contributed by atoms with Crippen molar-refractivity contribution in [3.8, 4) is 0 Å². The zero-order chi connectivity index (χ0) is 13.3. The largest absolute Gasteiger partial charge is 0.445 e. The molecule has 4 heteroatoms. The molecule has 2 atom stereocenters. The Balaban J connectivity index is 1.62. The highest BCUT2D eigenvalue weighted by Crippen LogP contribution is 2.46. The first-order chi connectivity index (χ1) is 9.23. The van der Waals surface area contributed by atoms with Crippen LogP contribution in [0.3, 0.4) is 0 Å². The molecule has 0 spiro atoms. The van der Waals surface area contributed by atoms with E-state index < -0.39 is 0 Å². The fourth-order valence-electron chi connectivity index (χ4n) is 3.36. The molecule has 3 rings (SSSR count). The summed E-state index contributed by atoms with van der Waals surface area (Å²) in [7, 11) is 0. The Hall–Kier alpha value is -1.55. The van der Waals surface area contributed by atoms with Crippen molar-refractivity contribution in [2.75, 3.05) is 13.2 Å². The average molecular weight is 261 g/mol. The summed E-state index contributed by atoms with van der Waals surface area (Å²) in [5, 5.41) is 9.60. The third kappa shape index (κ3) is 2.21. The maximum atomic E-state index is 12.2. The van der Waals surface area contributed by atoms with Crippen LogP contribution in [0.1, 0.15) is 24.8 Å². The van der Waals surface area contributed by atoms with Gasteiger partial charge in [-0.1, -0.05) is 30.3 Å². The molecule has 19 heavy (non-hydrogen) atoms. The molecule has 1 saturated carbocycles. The molecular weight excluding hydrogens is 242 g/mol. The van der Waals surface area contributed by atoms with Crippen molar-refractivity contribution >= 4 is 6.09 Å². The summed E-state index contributed by atoms with van der Waals surface area (Å²) in [6.07, 6.45) is 2.64. The quantitative estimate of drug-likeness (QED) is 0.907. The monoisotopic (exact) mass is 261 g/mol. The fourth-order valence-corrected chi connectivity index (χ4v) is 3.36. The van der Waals surface area contributed by atoms with E-state index in [4.69, 9.17) is 4.74 Å². The van der Waals surface area contributed by atoms with Crippen LogP contribution in [0.2, 0.25) is 0 Å². The standard InChI is InChI=1S/C15H19NO3/c17-11-15-7-6-13(8-15)9-16(15)14(18)19-10-12-4-2-1-3-5-12/h1-5,13,17H,6-11H2/t13-,15-/m0/s1. The van der Waals surface area contributed by atoms with Crippen LogP contribution < -0.4 is 0 Å². The SMILES string of the molecule is O=C(OCc1ccccc1)N1C[C@H]2CC[C@@]1(CO)C2. The molecule has 1 heterocycles. The van der Waals surface area contributed by atoms with Gasteiger partial charge in [-0.2, -0.15) is 0 Å². The van der Waals surface area contributed by atoms with E-state index in [2.05, 4.69) is 0 Å². The van der Waals surface area contributed by atoms with Gasteiger partial charge < -0.3 is 9.84 Å². The highest BCUT2D eigenvalue weighted by atomic mass is 16.6. The minimum absolute atomic E-state index is 0.0456. The highest BCUT2D eigenvalue weighted by Gasteiger charge is 2.52. The highest BCUT2D eigenvalue weighted by molar-refractivity contribution is 5.69. The molecular formula is C15H19NO3. The number of likely N-dealkylation sites (tertiary alicyclic amines) is 1. The number of piperidine rings is 1. The van der Waals surface area contributed by atoms with Gasteiger partial charge in [-0.3, -0.25) is 4.90 Å². The molecule has 1 saturated heterocycles. The summed E-state index contributed by atoms with van der Waals surface area (Å²) in [6.45, 7) is 1.07. The van der Waals surface area contributed by atoms with Crippen LogP contribution in [0.15, 0.2) is 30.3 Å². The van der Waals surface area contributed by atoms with E-state index in [9.17, 15) is 9.90 Å². The molecule has 2 aliphatic rings. The first-order valence-electron chi connectivity index (χ1n) is 6.83. The predicted molar refractivity (Wildman–Crippen MR) is 70.5 cm³/mol. The lowest BCUT2D eigenvalue weighted by Gasteiger charge is -2.36. The van der Waals surface area contributed by atoms with Gasteiger partial charge in [0.1, 0.15) is 6.61 Å². The number of amides is 1. The van der Waals surface area contributed by atoms with Crippen molar-refractivity contribution in [2.24, 2.45) is 5.92 Å². The smallest absolute Gasteiger partial charge is 0.410 e. The van der Waals surface area contributed by atoms with Gasteiger partial charge in [0.15, 0.2) is 0 Å². The van der Waals surface area contributed by atoms with E-state index in [1.807, 2.05) is 30.3 Å². The van der Waals surface area contributed by atoms with Crippen LogP contribution in [-0.4, -0.2) is 34.8 Å². The van der Waals surface area contributed by atoms with Gasteiger partial charge in [-0.05, 0) is 30.7 Å². The Labute approximate surface area is 113 Å². The molecule has 102 valence electrons. The number of carbonyl (C=O) groups is 1. The third-order valence-electron chi connectivity index (χ3n) is 4.42. The summed E-state index contributed by atoms with van der Waals surface area (Å²) >= 11 is 0. The number of ether oxygens (including phenoxy) is 1. The summed E-state index contributed by atoms with van der Waals surface area (Å²) < 4.78 is 5.37. The van der Waals surface area contributed by atoms with E-state index in [1.54, 1.807) is 4.90 Å². The molecule has 1 aliphatic heterocycles. The summed E-state index contributed by atoms with van der Waals surface area (Å²) in [5.74, 6) is 0.538. The first kappa shape index (κ1) is 12.5. The molecule has 2 bridgehead atoms. The van der Waals surface area contributed by atoms with Gasteiger partial charge in [-0.15, -0.1) is 0 Å². The minimum Gasteiger partial charge on any atom is -0.445 e. The zero-order valence-electron chi connectivity index (χ0n) is 10.9. The lowest BCUT2D eigenvalue weighted by Crippen LogP contribution is -2.50. The molecule has 1 aromatic carbocycles. The average Bonchev–Trinajstić information content (AvgIpc) is 3.04. The van der Waals surface area contributed by atoms with E-state index in [0.717, 1.165) is 31.4 Å². The van der Waals surface area contributed by atoms with Gasteiger partial charge >= 0.3 is 6.09 Å². The maximum Gasteiger partial charge on any atom is 0.410 e. The summed E-state index contributed by atoms with van der Waals surface area (Å²) in [4.78, 5) is 13.9. The van der Waals surface area contributed by atoms with Crippen LogP contribution >= 0.6 is 0 Å². The van der Waals surface area contributed by atoms with E-state index in [1.165, 1.54) is 0 Å². The number of rotatable bonds is 3. The lowest BCUT2D eigenvalue weighted by atomic mass is 9.99. The van der Waals surface area contributed by atoms with Gasteiger partial charge in [0.25, 0.3) is 0 Å². The van der Waals surface area contributed by atoms with Crippen LogP contribution in [0, 0.1) is 5.92 Å². The second-order valence-electron chi connectivity index (χ2n) is 5.64. The van der Waals surface area contributed by atoms with E-state index >= 15 is 0 Å². The second-order valence-corrected chi connectivity index (χ2v) is 5.64. The molecule has 1 amide bonds. The number of hydrogen-bond donors (Lipinski definition) is 1. The normalized spacial score (nSPS) is 28.7. The lowest BCUT2D eigenvalue weighted by molar-refractivity contribution is 0.0300. The molecule has 0 aromatic heterocycles. The summed E-state index contributed by atoms with van der Waals surface area (Å²) in [6, 6.07) is 9.66. The van der Waals surface area contributed by atoms with Crippen molar-refractivity contribution < 1.29 is 14.6 Å². The predicted octanol–water partition coefficient (Wildman–Crippen LogP) is 2.17. The Kier molecular flexibility index (Phi) is 3.19. The van der Waals surface area contributed by atoms with Crippen LogP contribution in [0.4, 0.5) is 4.79 Å². The van der Waals surface area contributed by atoms with Gasteiger partial charge in [0, 0.05) is 6.54 Å². The third-order valence-corrected chi connectivity index (χ3v) is 4.42. The Bertz CT molecular complexity index is 462. The van der Waals surface area contributed by atoms with Gasteiger partial charge in [0.2, 0.25) is 0 Å². The van der Waals surface area contributed by atoms with Crippen molar-refractivity contribution in [1.29, 1.82) is 0 Å². The Morgan fingerprint density at radius 1 is 1.42 bits per heavy atom. The Morgan fingerprint density at radius 3 is 2.89 bits per heavy atom. The van der Waals surface area contributed by atoms with Gasteiger partial charge in [0.05, 0.1) is 12.1 Å². The van der Waals surface area contributed by atoms with Crippen LogP contribution in [-0.2, 0) is 11.3 Å². The van der Waals surface area contributed by atoms with Crippen molar-refractivity contribution in [1.82, 2.24) is 4.90 Å². The van der Waals surface area contributed by atoms with Crippen LogP contribution in [0.25, 0.3) is 0 Å². The van der Waals surface area contributed by atoms with Crippen LogP contribution in [0.5, 0.6) is 0 Å². The Morgan fingerprint density at radius 2 is 2.21 bits per heavy atom. The molecule has 4 nitrogen and oxygen atoms in total. The van der Waals surface area contributed by atoms with E-state index in [0.29, 0.717) is 12.5 Å². The fraction of sp³-hybridized carbons (Fsp3) is 0.533. The number of fused-ring (bicyclic) bond motifs is 2. The molecule has 1 aliphatic carbocycles. The molecule has 1 aromatic rings. The molecule has 1 N–H and O–H groups in total. The number of aliphatic hydroxyl groups is 1. The molecule has 0 unspecified atom stereocenters. The maximum absolute atomic E-state index is 12.2. The number of hydrogen-bond acceptors (Lipinski definition) is 3. The first-order valence-corrected chi connectivity index (χ1v) is 6.83. The van der Waals surface area contributed by atoms with E-state index in [-0.39, 0.29) is 18.2 Å². The molecule has 2 fully saturated rings. The van der Waals surface area contributed by atoms with Crippen molar-refractivity contribution in [3.63, 3.8) is 0 Å². The zero-order valence-corrected chi connectivity index (χ0v) is 10.9. The second kappa shape index (κ2) is 4.85. The van der Waals surface area contributed by atoms with Crippen molar-refractivity contribution in [3.05, 3.63) is 35.9 Å². The minimum atomic E-state index is -0.349. The topological polar surface area (TPSA) is 49.8 Å². The summed E-state index contributed by atoms with van der Waals surface area (Å²) in [5.41, 5.74) is 0.636. The van der Waals surface area contributed by atoms with Gasteiger partial charge in [-0.25, -0.2) is 4.79 Å². The van der Waals surface area contributed by atoms with Crippen molar-refractivity contribution in [2.45, 2.75) is 31.4 Å². The number of aliphatic hydroxyl groups excluding tert-OH is 1. The number of benzene rings is 1. The number of nitrogens with zero attached hydrogens (tertiary/aromatic N) is 1. The number of carbonyl (C=O) groups excluding carboxylic acids is 1.